The van der Waals surface area contributed by atoms with Crippen molar-refractivity contribution < 1.29 is 22.8 Å². The molecule has 0 unspecified atom stereocenters. The molecule has 0 aliphatic rings. The molecular formula is C17H10Cl3F3N2O2. The first kappa shape index (κ1) is 21.1. The maximum absolute atomic E-state index is 12.5. The molecule has 0 atom stereocenters. The van der Waals surface area contributed by atoms with Crippen LogP contribution in [0.4, 0.5) is 23.7 Å². The van der Waals surface area contributed by atoms with Crippen LogP contribution >= 0.6 is 34.8 Å². The Morgan fingerprint density at radius 1 is 1.00 bits per heavy atom. The van der Waals surface area contributed by atoms with Gasteiger partial charge in [0, 0.05) is 10.7 Å². The number of hydrogen-bond donors (Lipinski definition) is 2. The molecule has 0 spiro atoms. The standard InChI is InChI=1S/C17H10Cl3F3N2O2/c18-12-6-5-10(7-9(12)8-14(20)17(21,22)23)24-16(27)25-15(26)11-3-1-2-4-13(11)19/h1-8H,(H2,24,25,26,27)/b14-8-. The van der Waals surface area contributed by atoms with E-state index >= 15 is 0 Å². The number of urea groups is 1. The highest BCUT2D eigenvalue weighted by atomic mass is 35.5. The lowest BCUT2D eigenvalue weighted by atomic mass is 10.2. The topological polar surface area (TPSA) is 58.2 Å². The highest BCUT2D eigenvalue weighted by Crippen LogP contribution is 2.32. The van der Waals surface area contributed by atoms with Gasteiger partial charge in [-0.3, -0.25) is 10.1 Å². The Bertz CT molecular complexity index is 915. The first-order chi connectivity index (χ1) is 12.6. The number of halogens is 6. The van der Waals surface area contributed by atoms with Gasteiger partial charge in [-0.15, -0.1) is 0 Å². The van der Waals surface area contributed by atoms with Gasteiger partial charge < -0.3 is 5.32 Å². The zero-order chi connectivity index (χ0) is 20.2. The van der Waals surface area contributed by atoms with E-state index in [9.17, 15) is 22.8 Å². The van der Waals surface area contributed by atoms with Gasteiger partial charge in [-0.1, -0.05) is 46.9 Å². The van der Waals surface area contributed by atoms with Crippen molar-refractivity contribution in [3.05, 3.63) is 68.7 Å². The van der Waals surface area contributed by atoms with Crippen LogP contribution in [0.15, 0.2) is 47.5 Å². The van der Waals surface area contributed by atoms with Crippen molar-refractivity contribution in [2.75, 3.05) is 5.32 Å². The third kappa shape index (κ3) is 5.89. The Hall–Kier alpha value is -2.22. The lowest BCUT2D eigenvalue weighted by Gasteiger charge is -2.10. The zero-order valence-corrected chi connectivity index (χ0v) is 15.5. The fraction of sp³-hybridized carbons (Fsp3) is 0.0588. The van der Waals surface area contributed by atoms with Gasteiger partial charge in [0.25, 0.3) is 5.91 Å². The van der Waals surface area contributed by atoms with Crippen molar-refractivity contribution in [3.8, 4) is 0 Å². The molecule has 27 heavy (non-hydrogen) atoms. The van der Waals surface area contributed by atoms with Crippen LogP contribution in [-0.2, 0) is 0 Å². The minimum atomic E-state index is -4.73. The molecule has 4 nitrogen and oxygen atoms in total. The van der Waals surface area contributed by atoms with Crippen LogP contribution in [-0.4, -0.2) is 18.1 Å². The summed E-state index contributed by atoms with van der Waals surface area (Å²) in [5.41, 5.74) is 0.127. The van der Waals surface area contributed by atoms with E-state index in [2.05, 4.69) is 10.6 Å². The molecule has 0 saturated heterocycles. The lowest BCUT2D eigenvalue weighted by Crippen LogP contribution is -2.34. The fourth-order valence-electron chi connectivity index (χ4n) is 1.93. The maximum Gasteiger partial charge on any atom is 0.426 e. The number of benzene rings is 2. The molecule has 3 amide bonds. The molecule has 0 aromatic heterocycles. The number of rotatable bonds is 3. The van der Waals surface area contributed by atoms with Crippen LogP contribution in [0.1, 0.15) is 15.9 Å². The summed E-state index contributed by atoms with van der Waals surface area (Å²) in [6, 6.07) is 9.00. The monoisotopic (exact) mass is 436 g/mol. The van der Waals surface area contributed by atoms with Crippen LogP contribution in [0.3, 0.4) is 0 Å². The van der Waals surface area contributed by atoms with E-state index in [4.69, 9.17) is 34.8 Å². The zero-order valence-electron chi connectivity index (χ0n) is 13.2. The fourth-order valence-corrected chi connectivity index (χ4v) is 2.44. The number of anilines is 1. The lowest BCUT2D eigenvalue weighted by molar-refractivity contribution is -0.0836. The van der Waals surface area contributed by atoms with Gasteiger partial charge in [-0.25, -0.2) is 4.79 Å². The first-order valence-corrected chi connectivity index (χ1v) is 8.32. The van der Waals surface area contributed by atoms with Crippen molar-refractivity contribution in [1.82, 2.24) is 5.32 Å². The summed E-state index contributed by atoms with van der Waals surface area (Å²) in [5.74, 6) is -0.743. The Morgan fingerprint density at radius 3 is 2.30 bits per heavy atom. The predicted octanol–water partition coefficient (Wildman–Crippen LogP) is 6.10. The largest absolute Gasteiger partial charge is 0.426 e. The Morgan fingerprint density at radius 2 is 1.67 bits per heavy atom. The minimum absolute atomic E-state index is 0.00416. The second kappa shape index (κ2) is 8.65. The second-order valence-corrected chi connectivity index (χ2v) is 6.34. The van der Waals surface area contributed by atoms with Crippen molar-refractivity contribution in [1.29, 1.82) is 0 Å². The van der Waals surface area contributed by atoms with Crippen LogP contribution in [0.25, 0.3) is 6.08 Å². The molecule has 0 bridgehead atoms. The Balaban J connectivity index is 2.13. The third-order valence-corrected chi connectivity index (χ3v) is 4.15. The molecule has 0 aliphatic carbocycles. The summed E-state index contributed by atoms with van der Waals surface area (Å²) in [6.07, 6.45) is -4.10. The molecule has 0 fully saturated rings. The van der Waals surface area contributed by atoms with Crippen molar-refractivity contribution in [3.63, 3.8) is 0 Å². The summed E-state index contributed by atoms with van der Waals surface area (Å²) in [6.45, 7) is 0. The Labute approximate surface area is 166 Å². The van der Waals surface area contributed by atoms with Gasteiger partial charge in [0.15, 0.2) is 0 Å². The van der Waals surface area contributed by atoms with E-state index in [-0.39, 0.29) is 26.9 Å². The molecule has 142 valence electrons. The van der Waals surface area contributed by atoms with Gasteiger partial charge in [0.2, 0.25) is 0 Å². The smallest absolute Gasteiger partial charge is 0.308 e. The minimum Gasteiger partial charge on any atom is -0.308 e. The summed E-state index contributed by atoms with van der Waals surface area (Å²) in [4.78, 5) is 24.0. The van der Waals surface area contributed by atoms with E-state index < -0.39 is 23.1 Å². The van der Waals surface area contributed by atoms with Crippen molar-refractivity contribution >= 4 is 58.5 Å². The molecule has 2 N–H and O–H groups in total. The normalized spacial score (nSPS) is 11.9. The van der Waals surface area contributed by atoms with E-state index in [1.165, 1.54) is 30.3 Å². The van der Waals surface area contributed by atoms with Crippen LogP contribution in [0, 0.1) is 0 Å². The predicted molar refractivity (Wildman–Crippen MR) is 99.3 cm³/mol. The summed E-state index contributed by atoms with van der Waals surface area (Å²) in [5, 5.41) is 3.15. The number of amides is 3. The average molecular weight is 438 g/mol. The SMILES string of the molecule is O=C(NC(=O)c1ccccc1Cl)Nc1ccc(Cl)c(/C=C(\Cl)C(F)(F)F)c1. The van der Waals surface area contributed by atoms with E-state index in [1.54, 1.807) is 12.1 Å². The van der Waals surface area contributed by atoms with Gasteiger partial charge in [0.05, 0.1) is 10.6 Å². The number of imide groups is 1. The molecular weight excluding hydrogens is 428 g/mol. The summed E-state index contributed by atoms with van der Waals surface area (Å²) >= 11 is 16.9. The average Bonchev–Trinajstić information content (AvgIpc) is 2.57. The number of carbonyl (C=O) groups excluding carboxylic acids is 2. The van der Waals surface area contributed by atoms with E-state index in [1.807, 2.05) is 0 Å². The number of carbonyl (C=O) groups is 2. The van der Waals surface area contributed by atoms with E-state index in [0.29, 0.717) is 6.08 Å². The van der Waals surface area contributed by atoms with Gasteiger partial charge in [-0.2, -0.15) is 13.2 Å². The number of allylic oxidation sites excluding steroid dienone is 1. The van der Waals surface area contributed by atoms with Crippen molar-refractivity contribution in [2.24, 2.45) is 0 Å². The van der Waals surface area contributed by atoms with Crippen LogP contribution in [0.2, 0.25) is 10.0 Å². The summed E-state index contributed by atoms with van der Waals surface area (Å²) < 4.78 is 37.6. The molecule has 0 saturated carbocycles. The summed E-state index contributed by atoms with van der Waals surface area (Å²) in [7, 11) is 0. The second-order valence-electron chi connectivity index (χ2n) is 5.11. The number of hydrogen-bond acceptors (Lipinski definition) is 2. The Kier molecular flexibility index (Phi) is 6.75. The van der Waals surface area contributed by atoms with Gasteiger partial charge in [-0.05, 0) is 42.0 Å². The molecule has 0 aliphatic heterocycles. The molecule has 2 rings (SSSR count). The van der Waals surface area contributed by atoms with Gasteiger partial charge >= 0.3 is 12.2 Å². The molecule has 0 heterocycles. The number of nitrogens with one attached hydrogen (secondary N) is 2. The highest BCUT2D eigenvalue weighted by Gasteiger charge is 2.32. The molecule has 0 radical (unpaired) electrons. The van der Waals surface area contributed by atoms with Gasteiger partial charge in [0.1, 0.15) is 5.03 Å². The maximum atomic E-state index is 12.5. The van der Waals surface area contributed by atoms with Crippen LogP contribution < -0.4 is 10.6 Å². The van der Waals surface area contributed by atoms with Crippen molar-refractivity contribution in [2.45, 2.75) is 6.18 Å². The quantitative estimate of drug-likeness (QED) is 0.610. The van der Waals surface area contributed by atoms with E-state index in [0.717, 1.165) is 0 Å². The first-order valence-electron chi connectivity index (χ1n) is 7.18. The molecule has 2 aromatic carbocycles. The van der Waals surface area contributed by atoms with Crippen LogP contribution in [0.5, 0.6) is 0 Å². The molecule has 2 aromatic rings. The highest BCUT2D eigenvalue weighted by molar-refractivity contribution is 6.35. The molecule has 10 heteroatoms. The number of alkyl halides is 3. The third-order valence-electron chi connectivity index (χ3n) is 3.15.